The minimum atomic E-state index is -3.62. The number of hydrogen-bond acceptors (Lipinski definition) is 7. The SMILES string of the molecule is COc1cc(C)c(S(=O)(=O)NCCNc2nc(C)cc(N3CCCC3)n2)cc1C. The van der Waals surface area contributed by atoms with E-state index < -0.39 is 10.0 Å². The molecule has 2 N–H and O–H groups in total. The van der Waals surface area contributed by atoms with Crippen LogP contribution in [0.5, 0.6) is 5.75 Å². The second-order valence-corrected chi connectivity index (χ2v) is 9.03. The Bertz CT molecular complexity index is 972. The van der Waals surface area contributed by atoms with E-state index in [1.807, 2.05) is 19.9 Å². The van der Waals surface area contributed by atoms with Gasteiger partial charge in [-0.2, -0.15) is 4.98 Å². The molecule has 0 saturated carbocycles. The molecule has 0 amide bonds. The lowest BCUT2D eigenvalue weighted by Crippen LogP contribution is -2.30. The van der Waals surface area contributed by atoms with E-state index in [2.05, 4.69) is 24.9 Å². The Labute approximate surface area is 172 Å². The molecule has 1 aromatic heterocycles. The number of nitrogens with one attached hydrogen (secondary N) is 2. The Balaban J connectivity index is 1.61. The summed E-state index contributed by atoms with van der Waals surface area (Å²) >= 11 is 0. The topological polar surface area (TPSA) is 96.5 Å². The molecule has 0 atom stereocenters. The lowest BCUT2D eigenvalue weighted by molar-refractivity contribution is 0.411. The van der Waals surface area contributed by atoms with Gasteiger partial charge in [-0.15, -0.1) is 0 Å². The number of hydrogen-bond donors (Lipinski definition) is 2. The molecule has 2 heterocycles. The monoisotopic (exact) mass is 419 g/mol. The molecule has 0 spiro atoms. The van der Waals surface area contributed by atoms with Crippen molar-refractivity contribution in [3.8, 4) is 5.75 Å². The van der Waals surface area contributed by atoms with Crippen LogP contribution in [-0.2, 0) is 10.0 Å². The first-order valence-electron chi connectivity index (χ1n) is 9.79. The standard InChI is InChI=1S/C20H29N5O3S/c1-14-12-18(15(2)11-17(14)28-4)29(26,27)22-8-7-21-20-23-16(3)13-19(24-20)25-9-5-6-10-25/h11-13,22H,5-10H2,1-4H3,(H,21,23,24). The number of benzene rings is 1. The van der Waals surface area contributed by atoms with Gasteiger partial charge in [-0.3, -0.25) is 0 Å². The maximum absolute atomic E-state index is 12.7. The molecule has 0 bridgehead atoms. The number of anilines is 2. The number of rotatable bonds is 8. The van der Waals surface area contributed by atoms with Crippen LogP contribution in [0.15, 0.2) is 23.1 Å². The highest BCUT2D eigenvalue weighted by atomic mass is 32.2. The zero-order chi connectivity index (χ0) is 21.0. The van der Waals surface area contributed by atoms with Crippen molar-refractivity contribution < 1.29 is 13.2 Å². The first-order chi connectivity index (χ1) is 13.8. The van der Waals surface area contributed by atoms with Crippen LogP contribution in [-0.4, -0.2) is 51.7 Å². The van der Waals surface area contributed by atoms with E-state index in [9.17, 15) is 8.42 Å². The summed E-state index contributed by atoms with van der Waals surface area (Å²) in [6.45, 7) is 8.15. The fourth-order valence-corrected chi connectivity index (χ4v) is 4.79. The van der Waals surface area contributed by atoms with E-state index >= 15 is 0 Å². The molecule has 0 unspecified atom stereocenters. The summed E-state index contributed by atoms with van der Waals surface area (Å²) in [7, 11) is -2.05. The lowest BCUT2D eigenvalue weighted by Gasteiger charge is -2.18. The summed E-state index contributed by atoms with van der Waals surface area (Å²) in [4.78, 5) is 11.5. The summed E-state index contributed by atoms with van der Waals surface area (Å²) in [5.41, 5.74) is 2.30. The van der Waals surface area contributed by atoms with Crippen molar-refractivity contribution in [1.82, 2.24) is 14.7 Å². The van der Waals surface area contributed by atoms with Crippen molar-refractivity contribution in [2.24, 2.45) is 0 Å². The van der Waals surface area contributed by atoms with Gasteiger partial charge in [0.05, 0.1) is 12.0 Å². The Morgan fingerprint density at radius 1 is 1.03 bits per heavy atom. The van der Waals surface area contributed by atoms with Crippen LogP contribution in [0, 0.1) is 20.8 Å². The average Bonchev–Trinajstić information content (AvgIpc) is 3.21. The van der Waals surface area contributed by atoms with Gasteiger partial charge in [-0.05, 0) is 56.9 Å². The first kappa shape index (κ1) is 21.3. The number of methoxy groups -OCH3 is 1. The predicted molar refractivity (Wildman–Crippen MR) is 114 cm³/mol. The third kappa shape index (κ3) is 5.16. The Kier molecular flexibility index (Phi) is 6.59. The quantitative estimate of drug-likeness (QED) is 0.634. The molecule has 1 aromatic carbocycles. The molecule has 0 aliphatic carbocycles. The third-order valence-electron chi connectivity index (χ3n) is 4.95. The van der Waals surface area contributed by atoms with Crippen LogP contribution in [0.25, 0.3) is 0 Å². The van der Waals surface area contributed by atoms with Crippen molar-refractivity contribution in [1.29, 1.82) is 0 Å². The van der Waals surface area contributed by atoms with Crippen LogP contribution >= 0.6 is 0 Å². The first-order valence-corrected chi connectivity index (χ1v) is 11.3. The second-order valence-electron chi connectivity index (χ2n) is 7.30. The van der Waals surface area contributed by atoms with Crippen molar-refractivity contribution in [2.75, 3.05) is 43.5 Å². The lowest BCUT2D eigenvalue weighted by atomic mass is 10.1. The van der Waals surface area contributed by atoms with Crippen LogP contribution in [0.1, 0.15) is 29.7 Å². The maximum atomic E-state index is 12.7. The number of sulfonamides is 1. The van der Waals surface area contributed by atoms with E-state index in [0.717, 1.165) is 30.2 Å². The zero-order valence-electron chi connectivity index (χ0n) is 17.4. The minimum absolute atomic E-state index is 0.225. The van der Waals surface area contributed by atoms with Crippen LogP contribution in [0.2, 0.25) is 0 Å². The molecule has 1 saturated heterocycles. The van der Waals surface area contributed by atoms with Crippen LogP contribution < -0.4 is 19.7 Å². The highest BCUT2D eigenvalue weighted by Crippen LogP contribution is 2.25. The molecular formula is C20H29N5O3S. The van der Waals surface area contributed by atoms with Gasteiger partial charge in [0.1, 0.15) is 11.6 Å². The Hall–Kier alpha value is -2.39. The van der Waals surface area contributed by atoms with Gasteiger partial charge >= 0.3 is 0 Å². The maximum Gasteiger partial charge on any atom is 0.240 e. The molecule has 1 aliphatic heterocycles. The molecule has 3 rings (SSSR count). The Morgan fingerprint density at radius 2 is 1.76 bits per heavy atom. The summed E-state index contributed by atoms with van der Waals surface area (Å²) < 4.78 is 33.3. The highest BCUT2D eigenvalue weighted by molar-refractivity contribution is 7.89. The molecule has 29 heavy (non-hydrogen) atoms. The van der Waals surface area contributed by atoms with Crippen molar-refractivity contribution in [3.05, 3.63) is 35.0 Å². The van der Waals surface area contributed by atoms with Gasteiger partial charge < -0.3 is 15.0 Å². The third-order valence-corrected chi connectivity index (χ3v) is 6.56. The fraction of sp³-hybridized carbons (Fsp3) is 0.500. The smallest absolute Gasteiger partial charge is 0.240 e. The normalized spacial score (nSPS) is 14.3. The van der Waals surface area contributed by atoms with Crippen LogP contribution in [0.4, 0.5) is 11.8 Å². The van der Waals surface area contributed by atoms with Gasteiger partial charge in [0.15, 0.2) is 0 Å². The zero-order valence-corrected chi connectivity index (χ0v) is 18.3. The minimum Gasteiger partial charge on any atom is -0.496 e. The van der Waals surface area contributed by atoms with Gasteiger partial charge in [0.25, 0.3) is 0 Å². The van der Waals surface area contributed by atoms with E-state index in [1.165, 1.54) is 12.8 Å². The average molecular weight is 420 g/mol. The molecule has 2 aromatic rings. The van der Waals surface area contributed by atoms with Gasteiger partial charge in [0, 0.05) is 37.9 Å². The Morgan fingerprint density at radius 3 is 2.45 bits per heavy atom. The number of aryl methyl sites for hydroxylation is 3. The van der Waals surface area contributed by atoms with Gasteiger partial charge in [-0.1, -0.05) is 0 Å². The molecule has 158 valence electrons. The molecule has 9 heteroatoms. The van der Waals surface area contributed by atoms with E-state index in [1.54, 1.807) is 26.2 Å². The van der Waals surface area contributed by atoms with E-state index in [-0.39, 0.29) is 11.4 Å². The summed E-state index contributed by atoms with van der Waals surface area (Å²) in [6, 6.07) is 5.35. The molecular weight excluding hydrogens is 390 g/mol. The van der Waals surface area contributed by atoms with Crippen molar-refractivity contribution in [3.63, 3.8) is 0 Å². The van der Waals surface area contributed by atoms with Crippen molar-refractivity contribution in [2.45, 2.75) is 38.5 Å². The summed E-state index contributed by atoms with van der Waals surface area (Å²) in [5.74, 6) is 2.11. The van der Waals surface area contributed by atoms with Crippen LogP contribution in [0.3, 0.4) is 0 Å². The highest BCUT2D eigenvalue weighted by Gasteiger charge is 2.19. The molecule has 1 fully saturated rings. The summed E-state index contributed by atoms with van der Waals surface area (Å²) in [6.07, 6.45) is 2.36. The van der Waals surface area contributed by atoms with Gasteiger partial charge in [-0.25, -0.2) is 18.1 Å². The molecule has 0 radical (unpaired) electrons. The largest absolute Gasteiger partial charge is 0.496 e. The second kappa shape index (κ2) is 8.96. The number of ether oxygens (including phenoxy) is 1. The number of aromatic nitrogens is 2. The van der Waals surface area contributed by atoms with E-state index in [0.29, 0.717) is 23.8 Å². The van der Waals surface area contributed by atoms with E-state index in [4.69, 9.17) is 4.74 Å². The van der Waals surface area contributed by atoms with Gasteiger partial charge in [0.2, 0.25) is 16.0 Å². The fourth-order valence-electron chi connectivity index (χ4n) is 3.45. The number of nitrogens with zero attached hydrogens (tertiary/aromatic N) is 3. The summed E-state index contributed by atoms with van der Waals surface area (Å²) in [5, 5.41) is 3.12. The molecule has 1 aliphatic rings. The van der Waals surface area contributed by atoms with Crippen molar-refractivity contribution >= 4 is 21.8 Å². The predicted octanol–water partition coefficient (Wildman–Crippen LogP) is 2.40. The molecule has 8 nitrogen and oxygen atoms in total.